The summed E-state index contributed by atoms with van der Waals surface area (Å²) in [5.41, 5.74) is 3.10. The van der Waals surface area contributed by atoms with Crippen molar-refractivity contribution >= 4 is 11.3 Å². The van der Waals surface area contributed by atoms with Crippen molar-refractivity contribution in [2.45, 2.75) is 25.3 Å². The molecule has 1 aliphatic heterocycles. The zero-order valence-corrected chi connectivity index (χ0v) is 9.05. The molecule has 0 unspecified atom stereocenters. The molecule has 0 aliphatic carbocycles. The minimum absolute atomic E-state index is 0.655. The summed E-state index contributed by atoms with van der Waals surface area (Å²) in [5, 5.41) is 5.66. The van der Waals surface area contributed by atoms with Crippen LogP contribution in [0, 0.1) is 0 Å². The number of hydrogen-bond donors (Lipinski definition) is 1. The van der Waals surface area contributed by atoms with E-state index in [4.69, 9.17) is 4.74 Å². The Balaban J connectivity index is 1.62. The summed E-state index contributed by atoms with van der Waals surface area (Å²) in [6.45, 7) is 2.86. The van der Waals surface area contributed by atoms with Gasteiger partial charge in [-0.25, -0.2) is 4.98 Å². The van der Waals surface area contributed by atoms with Crippen LogP contribution in [-0.4, -0.2) is 30.8 Å². The largest absolute Gasteiger partial charge is 0.381 e. The quantitative estimate of drug-likeness (QED) is 0.820. The number of thiazole rings is 1. The highest BCUT2D eigenvalue weighted by molar-refractivity contribution is 7.07. The molecule has 1 N–H and O–H groups in total. The van der Waals surface area contributed by atoms with E-state index >= 15 is 0 Å². The summed E-state index contributed by atoms with van der Waals surface area (Å²) in [6.07, 6.45) is 3.34. The molecule has 0 radical (unpaired) electrons. The molecule has 2 heterocycles. The fourth-order valence-electron chi connectivity index (χ4n) is 1.67. The fraction of sp³-hybridized carbons (Fsp3) is 0.700. The molecule has 78 valence electrons. The van der Waals surface area contributed by atoms with E-state index in [0.717, 1.165) is 39.0 Å². The predicted molar refractivity (Wildman–Crippen MR) is 57.7 cm³/mol. The standard InChI is InChI=1S/C10H16N2OS/c1(10-7-14-8-12-10)4-11-9-2-5-13-6-3-9/h7-9,11H,1-6H2. The molecule has 0 aromatic carbocycles. The van der Waals surface area contributed by atoms with E-state index in [1.165, 1.54) is 5.69 Å². The minimum Gasteiger partial charge on any atom is -0.381 e. The highest BCUT2D eigenvalue weighted by Gasteiger charge is 2.12. The van der Waals surface area contributed by atoms with E-state index in [2.05, 4.69) is 15.7 Å². The first kappa shape index (κ1) is 10.1. The van der Waals surface area contributed by atoms with Crippen LogP contribution in [-0.2, 0) is 11.2 Å². The van der Waals surface area contributed by atoms with Crippen molar-refractivity contribution in [2.24, 2.45) is 0 Å². The van der Waals surface area contributed by atoms with Gasteiger partial charge in [0.2, 0.25) is 0 Å². The third-order valence-corrected chi connectivity index (χ3v) is 3.15. The normalized spacial score (nSPS) is 18.6. The van der Waals surface area contributed by atoms with Gasteiger partial charge in [-0.2, -0.15) is 0 Å². The molecule has 0 amide bonds. The van der Waals surface area contributed by atoms with Crippen molar-refractivity contribution < 1.29 is 4.74 Å². The average molecular weight is 212 g/mol. The molecule has 1 aromatic rings. The molecule has 14 heavy (non-hydrogen) atoms. The van der Waals surface area contributed by atoms with Crippen LogP contribution in [0.1, 0.15) is 18.5 Å². The van der Waals surface area contributed by atoms with Crippen molar-refractivity contribution in [1.29, 1.82) is 0 Å². The molecule has 2 rings (SSSR count). The number of rotatable bonds is 4. The SMILES string of the molecule is c1nc(CCNC2CCOCC2)cs1. The van der Waals surface area contributed by atoms with Crippen molar-refractivity contribution in [2.75, 3.05) is 19.8 Å². The summed E-state index contributed by atoms with van der Waals surface area (Å²) in [7, 11) is 0. The van der Waals surface area contributed by atoms with E-state index in [1.807, 2.05) is 5.51 Å². The molecule has 0 spiro atoms. The van der Waals surface area contributed by atoms with Gasteiger partial charge < -0.3 is 10.1 Å². The second kappa shape index (κ2) is 5.44. The number of aromatic nitrogens is 1. The maximum Gasteiger partial charge on any atom is 0.0794 e. The first-order valence-corrected chi connectivity index (χ1v) is 6.07. The molecule has 4 heteroatoms. The van der Waals surface area contributed by atoms with Gasteiger partial charge in [0, 0.05) is 37.6 Å². The van der Waals surface area contributed by atoms with Gasteiger partial charge in [0.1, 0.15) is 0 Å². The van der Waals surface area contributed by atoms with E-state index in [1.54, 1.807) is 11.3 Å². The van der Waals surface area contributed by atoms with Gasteiger partial charge in [0.25, 0.3) is 0 Å². The molecule has 0 atom stereocenters. The van der Waals surface area contributed by atoms with Crippen molar-refractivity contribution in [3.05, 3.63) is 16.6 Å². The number of nitrogens with zero attached hydrogens (tertiary/aromatic N) is 1. The molecule has 3 nitrogen and oxygen atoms in total. The van der Waals surface area contributed by atoms with Gasteiger partial charge in [0.15, 0.2) is 0 Å². The molecule has 0 bridgehead atoms. The third kappa shape index (κ3) is 3.04. The molecule has 1 fully saturated rings. The van der Waals surface area contributed by atoms with E-state index in [0.29, 0.717) is 6.04 Å². The van der Waals surface area contributed by atoms with Crippen molar-refractivity contribution in [1.82, 2.24) is 10.3 Å². The first-order chi connectivity index (χ1) is 6.95. The Kier molecular flexibility index (Phi) is 3.91. The lowest BCUT2D eigenvalue weighted by Gasteiger charge is -2.22. The topological polar surface area (TPSA) is 34.2 Å². The van der Waals surface area contributed by atoms with E-state index in [9.17, 15) is 0 Å². The van der Waals surface area contributed by atoms with Crippen LogP contribution in [0.3, 0.4) is 0 Å². The summed E-state index contributed by atoms with van der Waals surface area (Å²) < 4.78 is 5.30. The van der Waals surface area contributed by atoms with Gasteiger partial charge in [-0.1, -0.05) is 0 Å². The van der Waals surface area contributed by atoms with Crippen LogP contribution in [0.15, 0.2) is 10.9 Å². The van der Waals surface area contributed by atoms with Crippen molar-refractivity contribution in [3.8, 4) is 0 Å². The average Bonchev–Trinajstić information content (AvgIpc) is 2.72. The van der Waals surface area contributed by atoms with E-state index < -0.39 is 0 Å². The van der Waals surface area contributed by atoms with Crippen LogP contribution in [0.2, 0.25) is 0 Å². The molecular weight excluding hydrogens is 196 g/mol. The predicted octanol–water partition coefficient (Wildman–Crippen LogP) is 1.45. The van der Waals surface area contributed by atoms with Crippen molar-refractivity contribution in [3.63, 3.8) is 0 Å². The van der Waals surface area contributed by atoms with Gasteiger partial charge in [-0.3, -0.25) is 0 Å². The lowest BCUT2D eigenvalue weighted by Crippen LogP contribution is -2.35. The Morgan fingerprint density at radius 3 is 3.07 bits per heavy atom. The summed E-state index contributed by atoms with van der Waals surface area (Å²) in [5.74, 6) is 0. The van der Waals surface area contributed by atoms with E-state index in [-0.39, 0.29) is 0 Å². The van der Waals surface area contributed by atoms with Gasteiger partial charge in [0.05, 0.1) is 11.2 Å². The second-order valence-electron chi connectivity index (χ2n) is 3.57. The van der Waals surface area contributed by atoms with Crippen LogP contribution in [0.25, 0.3) is 0 Å². The first-order valence-electron chi connectivity index (χ1n) is 5.13. The Morgan fingerprint density at radius 2 is 2.36 bits per heavy atom. The van der Waals surface area contributed by atoms with Crippen LogP contribution in [0.5, 0.6) is 0 Å². The smallest absolute Gasteiger partial charge is 0.0794 e. The number of ether oxygens (including phenoxy) is 1. The summed E-state index contributed by atoms with van der Waals surface area (Å²) in [4.78, 5) is 4.25. The Hall–Kier alpha value is -0.450. The zero-order chi connectivity index (χ0) is 9.64. The highest BCUT2D eigenvalue weighted by atomic mass is 32.1. The number of hydrogen-bond acceptors (Lipinski definition) is 4. The molecule has 1 aromatic heterocycles. The summed E-state index contributed by atoms with van der Waals surface area (Å²) >= 11 is 1.67. The maximum absolute atomic E-state index is 5.30. The Morgan fingerprint density at radius 1 is 1.50 bits per heavy atom. The monoisotopic (exact) mass is 212 g/mol. The molecule has 1 aliphatic rings. The van der Waals surface area contributed by atoms with Crippen LogP contribution >= 0.6 is 11.3 Å². The fourth-order valence-corrected chi connectivity index (χ4v) is 2.26. The summed E-state index contributed by atoms with van der Waals surface area (Å²) in [6, 6.07) is 0.655. The van der Waals surface area contributed by atoms with Gasteiger partial charge in [-0.05, 0) is 12.8 Å². The third-order valence-electron chi connectivity index (χ3n) is 2.52. The Labute approximate surface area is 88.5 Å². The maximum atomic E-state index is 5.30. The molecule has 0 saturated carbocycles. The lowest BCUT2D eigenvalue weighted by atomic mass is 10.1. The Bertz CT molecular complexity index is 245. The molecule has 1 saturated heterocycles. The lowest BCUT2D eigenvalue weighted by molar-refractivity contribution is 0.0782. The minimum atomic E-state index is 0.655. The zero-order valence-electron chi connectivity index (χ0n) is 8.24. The molecular formula is C10H16N2OS. The highest BCUT2D eigenvalue weighted by Crippen LogP contribution is 2.06. The van der Waals surface area contributed by atoms with Gasteiger partial charge in [-0.15, -0.1) is 11.3 Å². The number of nitrogens with one attached hydrogen (secondary N) is 1. The van der Waals surface area contributed by atoms with Crippen LogP contribution < -0.4 is 5.32 Å². The van der Waals surface area contributed by atoms with Crippen LogP contribution in [0.4, 0.5) is 0 Å². The van der Waals surface area contributed by atoms with Gasteiger partial charge >= 0.3 is 0 Å². The second-order valence-corrected chi connectivity index (χ2v) is 4.29.